The van der Waals surface area contributed by atoms with E-state index < -0.39 is 0 Å². The molecule has 0 N–H and O–H groups in total. The minimum atomic E-state index is -0.339. The summed E-state index contributed by atoms with van der Waals surface area (Å²) in [7, 11) is 0. The number of nitrogens with zero attached hydrogens (tertiary/aromatic N) is 2. The molecule has 2 aromatic carbocycles. The molecule has 2 unspecified atom stereocenters. The lowest BCUT2D eigenvalue weighted by molar-refractivity contribution is -0.139. The predicted octanol–water partition coefficient (Wildman–Crippen LogP) is 3.47. The maximum Gasteiger partial charge on any atom is 0.260 e. The monoisotopic (exact) mass is 374 g/mol. The topological polar surface area (TPSA) is 32.8 Å². The summed E-state index contributed by atoms with van der Waals surface area (Å²) >= 11 is 0. The maximum absolute atomic E-state index is 13.1. The van der Waals surface area contributed by atoms with Gasteiger partial charge in [-0.2, -0.15) is 0 Å². The third kappa shape index (κ3) is 5.04. The van der Waals surface area contributed by atoms with Crippen molar-refractivity contribution in [1.29, 1.82) is 0 Å². The molecule has 0 spiro atoms. The number of carbonyl (C=O) groups excluding carboxylic acids is 1. The second-order valence-electron chi connectivity index (χ2n) is 7.04. The molecule has 0 bridgehead atoms. The molecule has 1 aliphatic rings. The highest BCUT2D eigenvalue weighted by Crippen LogP contribution is 2.19. The second-order valence-corrected chi connectivity index (χ2v) is 7.04. The van der Waals surface area contributed by atoms with Crippen LogP contribution in [-0.4, -0.2) is 47.5 Å². The second kappa shape index (κ2) is 8.48. The van der Waals surface area contributed by atoms with Gasteiger partial charge in [-0.3, -0.25) is 9.69 Å². The fourth-order valence-electron chi connectivity index (χ4n) is 3.35. The van der Waals surface area contributed by atoms with Crippen LogP contribution >= 0.6 is 0 Å². The SMILES string of the molecule is CC1CN(C(=O)COc2ccc(F)cc2)C(C)CN1Cc1ccc(F)cc1. The fraction of sp³-hybridized carbons (Fsp3) is 0.381. The van der Waals surface area contributed by atoms with Gasteiger partial charge in [0.05, 0.1) is 0 Å². The van der Waals surface area contributed by atoms with Gasteiger partial charge >= 0.3 is 0 Å². The van der Waals surface area contributed by atoms with Crippen LogP contribution in [0.25, 0.3) is 0 Å². The number of benzene rings is 2. The van der Waals surface area contributed by atoms with Crippen molar-refractivity contribution in [3.63, 3.8) is 0 Å². The van der Waals surface area contributed by atoms with Gasteiger partial charge in [-0.25, -0.2) is 8.78 Å². The van der Waals surface area contributed by atoms with Gasteiger partial charge in [0.1, 0.15) is 17.4 Å². The Morgan fingerprint density at radius 1 is 0.963 bits per heavy atom. The summed E-state index contributed by atoms with van der Waals surface area (Å²) in [4.78, 5) is 16.7. The number of carbonyl (C=O) groups is 1. The maximum atomic E-state index is 13.1. The lowest BCUT2D eigenvalue weighted by Crippen LogP contribution is -2.58. The molecule has 0 aliphatic carbocycles. The van der Waals surface area contributed by atoms with E-state index in [4.69, 9.17) is 4.74 Å². The molecule has 27 heavy (non-hydrogen) atoms. The van der Waals surface area contributed by atoms with Gasteiger partial charge < -0.3 is 9.64 Å². The van der Waals surface area contributed by atoms with E-state index >= 15 is 0 Å². The number of hydrogen-bond donors (Lipinski definition) is 0. The highest BCUT2D eigenvalue weighted by molar-refractivity contribution is 5.78. The largest absolute Gasteiger partial charge is 0.484 e. The number of ether oxygens (including phenoxy) is 1. The van der Waals surface area contributed by atoms with Crippen LogP contribution in [-0.2, 0) is 11.3 Å². The molecule has 1 heterocycles. The van der Waals surface area contributed by atoms with E-state index in [0.29, 0.717) is 12.3 Å². The van der Waals surface area contributed by atoms with E-state index in [0.717, 1.165) is 18.7 Å². The minimum Gasteiger partial charge on any atom is -0.484 e. The summed E-state index contributed by atoms with van der Waals surface area (Å²) in [5.74, 6) is -0.189. The van der Waals surface area contributed by atoms with E-state index in [1.54, 1.807) is 12.1 Å². The van der Waals surface area contributed by atoms with E-state index in [9.17, 15) is 13.6 Å². The Morgan fingerprint density at radius 2 is 1.56 bits per heavy atom. The zero-order chi connectivity index (χ0) is 19.4. The molecule has 1 saturated heterocycles. The standard InChI is InChI=1S/C21H24F2N2O2/c1-15-12-25(21(26)14-27-20-9-7-19(23)8-10-20)16(2)11-24(15)13-17-3-5-18(22)6-4-17/h3-10,15-16H,11-14H2,1-2H3. The van der Waals surface area contributed by atoms with Gasteiger partial charge in [0, 0.05) is 31.7 Å². The number of amides is 1. The highest BCUT2D eigenvalue weighted by Gasteiger charge is 2.32. The quantitative estimate of drug-likeness (QED) is 0.804. The molecule has 6 heteroatoms. The Bertz CT molecular complexity index is 765. The van der Waals surface area contributed by atoms with Crippen LogP contribution < -0.4 is 4.74 Å². The zero-order valence-corrected chi connectivity index (χ0v) is 15.6. The van der Waals surface area contributed by atoms with E-state index in [-0.39, 0.29) is 36.2 Å². The normalized spacial score (nSPS) is 20.5. The van der Waals surface area contributed by atoms with E-state index in [1.807, 2.05) is 11.8 Å². The van der Waals surface area contributed by atoms with Gasteiger partial charge in [0.2, 0.25) is 0 Å². The number of hydrogen-bond acceptors (Lipinski definition) is 3. The third-order valence-electron chi connectivity index (χ3n) is 4.91. The summed E-state index contributed by atoms with van der Waals surface area (Å²) in [6.45, 7) is 6.09. The van der Waals surface area contributed by atoms with Crippen LogP contribution in [0.5, 0.6) is 5.75 Å². The Morgan fingerprint density at radius 3 is 2.19 bits per heavy atom. The average Bonchev–Trinajstić information content (AvgIpc) is 2.65. The van der Waals surface area contributed by atoms with Crippen LogP contribution in [0.2, 0.25) is 0 Å². The van der Waals surface area contributed by atoms with Crippen molar-refractivity contribution < 1.29 is 18.3 Å². The Kier molecular flexibility index (Phi) is 6.06. The van der Waals surface area contributed by atoms with Crippen molar-refractivity contribution in [2.45, 2.75) is 32.5 Å². The molecule has 0 saturated carbocycles. The molecule has 0 radical (unpaired) electrons. The van der Waals surface area contributed by atoms with Gasteiger partial charge in [-0.1, -0.05) is 12.1 Å². The molecule has 3 rings (SSSR count). The lowest BCUT2D eigenvalue weighted by Gasteiger charge is -2.44. The fourth-order valence-corrected chi connectivity index (χ4v) is 3.35. The lowest BCUT2D eigenvalue weighted by atomic mass is 10.1. The molecule has 1 aliphatic heterocycles. The Balaban J connectivity index is 1.54. The highest BCUT2D eigenvalue weighted by atomic mass is 19.1. The molecule has 1 fully saturated rings. The van der Waals surface area contributed by atoms with Crippen LogP contribution in [0.4, 0.5) is 8.78 Å². The number of rotatable bonds is 5. The van der Waals surface area contributed by atoms with Crippen molar-refractivity contribution in [1.82, 2.24) is 9.80 Å². The Labute approximate surface area is 158 Å². The Hall–Kier alpha value is -2.47. The average molecular weight is 374 g/mol. The van der Waals surface area contributed by atoms with Gasteiger partial charge in [0.15, 0.2) is 6.61 Å². The van der Waals surface area contributed by atoms with E-state index in [2.05, 4.69) is 11.8 Å². The van der Waals surface area contributed by atoms with Gasteiger partial charge in [0.25, 0.3) is 5.91 Å². The van der Waals surface area contributed by atoms with Crippen molar-refractivity contribution in [3.05, 3.63) is 65.7 Å². The van der Waals surface area contributed by atoms with Crippen molar-refractivity contribution in [3.8, 4) is 5.75 Å². The summed E-state index contributed by atoms with van der Waals surface area (Å²) in [6, 6.07) is 12.4. The third-order valence-corrected chi connectivity index (χ3v) is 4.91. The molecule has 4 nitrogen and oxygen atoms in total. The summed E-state index contributed by atoms with van der Waals surface area (Å²) < 4.78 is 31.5. The number of halogens is 2. The summed E-state index contributed by atoms with van der Waals surface area (Å²) in [5.41, 5.74) is 1.05. The van der Waals surface area contributed by atoms with Crippen LogP contribution in [0, 0.1) is 11.6 Å². The van der Waals surface area contributed by atoms with Crippen molar-refractivity contribution in [2.24, 2.45) is 0 Å². The first-order valence-corrected chi connectivity index (χ1v) is 9.08. The first-order chi connectivity index (χ1) is 12.9. The van der Waals surface area contributed by atoms with Crippen molar-refractivity contribution in [2.75, 3.05) is 19.7 Å². The van der Waals surface area contributed by atoms with Crippen LogP contribution in [0.3, 0.4) is 0 Å². The van der Waals surface area contributed by atoms with Gasteiger partial charge in [-0.05, 0) is 55.8 Å². The molecular formula is C21H24F2N2O2. The molecule has 1 amide bonds. The molecule has 2 atom stereocenters. The zero-order valence-electron chi connectivity index (χ0n) is 15.6. The smallest absolute Gasteiger partial charge is 0.260 e. The van der Waals surface area contributed by atoms with Crippen LogP contribution in [0.15, 0.2) is 48.5 Å². The first-order valence-electron chi connectivity index (χ1n) is 9.08. The van der Waals surface area contributed by atoms with Gasteiger partial charge in [-0.15, -0.1) is 0 Å². The first kappa shape index (κ1) is 19.3. The molecule has 0 aromatic heterocycles. The van der Waals surface area contributed by atoms with Crippen LogP contribution in [0.1, 0.15) is 19.4 Å². The molecular weight excluding hydrogens is 350 g/mol. The van der Waals surface area contributed by atoms with E-state index in [1.165, 1.54) is 36.4 Å². The predicted molar refractivity (Wildman–Crippen MR) is 99.3 cm³/mol. The molecule has 2 aromatic rings. The minimum absolute atomic E-state index is 0.0472. The summed E-state index contributed by atoms with van der Waals surface area (Å²) in [5, 5.41) is 0. The van der Waals surface area contributed by atoms with Crippen molar-refractivity contribution >= 4 is 5.91 Å². The summed E-state index contributed by atoms with van der Waals surface area (Å²) in [6.07, 6.45) is 0. The molecule has 144 valence electrons. The number of piperazine rings is 1.